The minimum Gasteiger partial charge on any atom is -0.352 e. The number of amides is 2. The number of nitrogens with one attached hydrogen (secondary N) is 1. The molecule has 154 valence electrons. The molecule has 0 radical (unpaired) electrons. The van der Waals surface area contributed by atoms with Crippen LogP contribution in [0.3, 0.4) is 0 Å². The number of likely N-dealkylation sites (N-methyl/N-ethyl adjacent to an activating group) is 1. The second kappa shape index (κ2) is 9.01. The summed E-state index contributed by atoms with van der Waals surface area (Å²) < 4.78 is 13.4. The molecule has 2 unspecified atom stereocenters. The first-order valence-electron chi connectivity index (χ1n) is 10.1. The minimum atomic E-state index is -0.289. The van der Waals surface area contributed by atoms with Crippen molar-refractivity contribution in [3.05, 3.63) is 35.6 Å². The van der Waals surface area contributed by atoms with Gasteiger partial charge < -0.3 is 10.2 Å². The van der Waals surface area contributed by atoms with E-state index in [0.29, 0.717) is 12.6 Å². The molecule has 0 bridgehead atoms. The highest BCUT2D eigenvalue weighted by Crippen LogP contribution is 2.19. The third kappa shape index (κ3) is 5.29. The van der Waals surface area contributed by atoms with Gasteiger partial charge in [-0.3, -0.25) is 19.4 Å². The summed E-state index contributed by atoms with van der Waals surface area (Å²) in [6.07, 6.45) is 2.18. The summed E-state index contributed by atoms with van der Waals surface area (Å²) in [6.45, 7) is 7.30. The number of hydrogen-bond donors (Lipinski definition) is 1. The van der Waals surface area contributed by atoms with Crippen LogP contribution in [0.25, 0.3) is 0 Å². The maximum atomic E-state index is 13.4. The molecule has 28 heavy (non-hydrogen) atoms. The molecule has 1 aliphatic carbocycles. The molecule has 6 nitrogen and oxygen atoms in total. The molecular formula is C21H31FN4O2. The predicted molar refractivity (Wildman–Crippen MR) is 106 cm³/mol. The summed E-state index contributed by atoms with van der Waals surface area (Å²) in [7, 11) is 1.75. The highest BCUT2D eigenvalue weighted by Gasteiger charge is 2.32. The summed E-state index contributed by atoms with van der Waals surface area (Å²) in [5, 5.41) is 3.06. The van der Waals surface area contributed by atoms with E-state index in [0.717, 1.165) is 44.6 Å². The maximum absolute atomic E-state index is 13.4. The Morgan fingerprint density at radius 1 is 1.14 bits per heavy atom. The third-order valence-corrected chi connectivity index (χ3v) is 5.79. The average Bonchev–Trinajstić information content (AvgIpc) is 3.50. The summed E-state index contributed by atoms with van der Waals surface area (Å²) in [5.41, 5.74) is 0.781. The number of piperazine rings is 1. The SMILES string of the molecule is CC(C(=O)NC1CC1)N1CCN(C(C)C(=O)N(C)Cc2cccc(F)c2)CC1. The first-order chi connectivity index (χ1) is 13.3. The second-order valence-electron chi connectivity index (χ2n) is 8.03. The largest absolute Gasteiger partial charge is 0.352 e. The molecule has 0 spiro atoms. The number of carbonyl (C=O) groups is 2. The van der Waals surface area contributed by atoms with Gasteiger partial charge in [-0.15, -0.1) is 0 Å². The fourth-order valence-electron chi connectivity index (χ4n) is 3.69. The van der Waals surface area contributed by atoms with Crippen molar-refractivity contribution in [3.8, 4) is 0 Å². The Kier molecular flexibility index (Phi) is 6.67. The molecule has 1 N–H and O–H groups in total. The first-order valence-corrected chi connectivity index (χ1v) is 10.1. The molecule has 7 heteroatoms. The zero-order valence-corrected chi connectivity index (χ0v) is 17.0. The van der Waals surface area contributed by atoms with Crippen molar-refractivity contribution in [2.75, 3.05) is 33.2 Å². The molecule has 2 aliphatic rings. The van der Waals surface area contributed by atoms with E-state index in [9.17, 15) is 14.0 Å². The van der Waals surface area contributed by atoms with Crippen LogP contribution in [-0.2, 0) is 16.1 Å². The molecule has 2 fully saturated rings. The van der Waals surface area contributed by atoms with Crippen molar-refractivity contribution in [2.24, 2.45) is 0 Å². The number of rotatable bonds is 7. The van der Waals surface area contributed by atoms with Crippen molar-refractivity contribution in [2.45, 2.75) is 51.4 Å². The lowest BCUT2D eigenvalue weighted by Crippen LogP contribution is -2.57. The van der Waals surface area contributed by atoms with Crippen LogP contribution in [0.2, 0.25) is 0 Å². The number of halogens is 1. The van der Waals surface area contributed by atoms with Crippen molar-refractivity contribution >= 4 is 11.8 Å². The molecule has 1 heterocycles. The molecule has 3 rings (SSSR count). The molecular weight excluding hydrogens is 359 g/mol. The van der Waals surface area contributed by atoms with Crippen molar-refractivity contribution in [3.63, 3.8) is 0 Å². The summed E-state index contributed by atoms with van der Waals surface area (Å²) >= 11 is 0. The van der Waals surface area contributed by atoms with Gasteiger partial charge in [0.1, 0.15) is 5.82 Å². The topological polar surface area (TPSA) is 55.9 Å². The van der Waals surface area contributed by atoms with E-state index in [1.54, 1.807) is 18.0 Å². The van der Waals surface area contributed by atoms with Crippen LogP contribution in [0.1, 0.15) is 32.3 Å². The number of carbonyl (C=O) groups excluding carboxylic acids is 2. The van der Waals surface area contributed by atoms with Crippen LogP contribution in [0.15, 0.2) is 24.3 Å². The monoisotopic (exact) mass is 390 g/mol. The second-order valence-corrected chi connectivity index (χ2v) is 8.03. The van der Waals surface area contributed by atoms with Crippen LogP contribution in [0.4, 0.5) is 4.39 Å². The standard InChI is InChI=1S/C21H31FN4O2/c1-15(20(27)23-19-7-8-19)25-9-11-26(12-10-25)16(2)21(28)24(3)14-17-5-4-6-18(22)13-17/h4-6,13,15-16,19H,7-12,14H2,1-3H3,(H,23,27). The normalized spacial score (nSPS) is 20.4. The quantitative estimate of drug-likeness (QED) is 0.766. The van der Waals surface area contributed by atoms with E-state index in [4.69, 9.17) is 0 Å². The molecule has 2 atom stereocenters. The molecule has 2 amide bonds. The smallest absolute Gasteiger partial charge is 0.239 e. The number of hydrogen-bond acceptors (Lipinski definition) is 4. The van der Waals surface area contributed by atoms with Gasteiger partial charge in [0.05, 0.1) is 12.1 Å². The van der Waals surface area contributed by atoms with Gasteiger partial charge >= 0.3 is 0 Å². The van der Waals surface area contributed by atoms with Crippen molar-refractivity contribution in [1.29, 1.82) is 0 Å². The van der Waals surface area contributed by atoms with Crippen LogP contribution < -0.4 is 5.32 Å². The highest BCUT2D eigenvalue weighted by molar-refractivity contribution is 5.82. The zero-order chi connectivity index (χ0) is 20.3. The summed E-state index contributed by atoms with van der Waals surface area (Å²) in [4.78, 5) is 31.0. The number of benzene rings is 1. The third-order valence-electron chi connectivity index (χ3n) is 5.79. The van der Waals surface area contributed by atoms with Crippen LogP contribution in [-0.4, -0.2) is 77.9 Å². The van der Waals surface area contributed by atoms with E-state index < -0.39 is 0 Å². The molecule has 0 aromatic heterocycles. The van der Waals surface area contributed by atoms with Crippen molar-refractivity contribution < 1.29 is 14.0 Å². The van der Waals surface area contributed by atoms with Gasteiger partial charge in [-0.2, -0.15) is 0 Å². The summed E-state index contributed by atoms with van der Waals surface area (Å²) in [6, 6.07) is 6.35. The van der Waals surface area contributed by atoms with E-state index >= 15 is 0 Å². The molecule has 1 aliphatic heterocycles. The van der Waals surface area contributed by atoms with Gasteiger partial charge in [0.25, 0.3) is 0 Å². The highest BCUT2D eigenvalue weighted by atomic mass is 19.1. The lowest BCUT2D eigenvalue weighted by atomic mass is 10.1. The molecule has 1 saturated carbocycles. The van der Waals surface area contributed by atoms with Gasteiger partial charge in [0, 0.05) is 45.8 Å². The van der Waals surface area contributed by atoms with E-state index in [2.05, 4.69) is 15.1 Å². The Hall–Kier alpha value is -1.99. The first kappa shape index (κ1) is 20.7. The van der Waals surface area contributed by atoms with Gasteiger partial charge in [-0.1, -0.05) is 12.1 Å². The average molecular weight is 391 g/mol. The fraction of sp³-hybridized carbons (Fsp3) is 0.619. The maximum Gasteiger partial charge on any atom is 0.239 e. The zero-order valence-electron chi connectivity index (χ0n) is 17.0. The Balaban J connectivity index is 1.47. The van der Waals surface area contributed by atoms with E-state index in [1.807, 2.05) is 19.9 Å². The fourth-order valence-corrected chi connectivity index (χ4v) is 3.69. The Morgan fingerprint density at radius 2 is 1.75 bits per heavy atom. The Labute approximate surface area is 166 Å². The summed E-state index contributed by atoms with van der Waals surface area (Å²) in [5.74, 6) is -0.158. The lowest BCUT2D eigenvalue weighted by molar-refractivity contribution is -0.137. The Morgan fingerprint density at radius 3 is 2.32 bits per heavy atom. The van der Waals surface area contributed by atoms with Crippen molar-refractivity contribution in [1.82, 2.24) is 20.0 Å². The molecule has 1 aromatic rings. The van der Waals surface area contributed by atoms with Gasteiger partial charge in [0.15, 0.2) is 0 Å². The molecule has 1 aromatic carbocycles. The van der Waals surface area contributed by atoms with Crippen LogP contribution in [0, 0.1) is 5.82 Å². The predicted octanol–water partition coefficient (Wildman–Crippen LogP) is 1.46. The van der Waals surface area contributed by atoms with Crippen LogP contribution >= 0.6 is 0 Å². The van der Waals surface area contributed by atoms with E-state index in [1.165, 1.54) is 12.1 Å². The minimum absolute atomic E-state index is 0.0252. The molecule has 1 saturated heterocycles. The van der Waals surface area contributed by atoms with Gasteiger partial charge in [0.2, 0.25) is 11.8 Å². The number of nitrogens with zero attached hydrogens (tertiary/aromatic N) is 3. The Bertz CT molecular complexity index is 701. The van der Waals surface area contributed by atoms with Crippen LogP contribution in [0.5, 0.6) is 0 Å². The van der Waals surface area contributed by atoms with Gasteiger partial charge in [-0.25, -0.2) is 4.39 Å². The van der Waals surface area contributed by atoms with Gasteiger partial charge in [-0.05, 0) is 44.4 Å². The lowest BCUT2D eigenvalue weighted by Gasteiger charge is -2.40. The van der Waals surface area contributed by atoms with E-state index in [-0.39, 0.29) is 29.7 Å².